The molecule has 2 aromatic heterocycles. The van der Waals surface area contributed by atoms with Crippen molar-refractivity contribution in [2.45, 2.75) is 32.7 Å². The summed E-state index contributed by atoms with van der Waals surface area (Å²) in [4.78, 5) is 20.6. The maximum atomic E-state index is 12.3. The van der Waals surface area contributed by atoms with Crippen LogP contribution in [0.25, 0.3) is 0 Å². The lowest BCUT2D eigenvalue weighted by Gasteiger charge is -2.23. The molecule has 0 unspecified atom stereocenters. The molecule has 0 aliphatic carbocycles. The molecular weight excluding hydrogens is 336 g/mol. The van der Waals surface area contributed by atoms with E-state index in [1.165, 1.54) is 5.56 Å². The molecule has 0 fully saturated rings. The van der Waals surface area contributed by atoms with Crippen LogP contribution in [0, 0.1) is 0 Å². The lowest BCUT2D eigenvalue weighted by molar-refractivity contribution is 0.0946. The molecule has 0 saturated heterocycles. The van der Waals surface area contributed by atoms with Crippen molar-refractivity contribution in [1.29, 1.82) is 0 Å². The van der Waals surface area contributed by atoms with Gasteiger partial charge in [0.2, 0.25) is 0 Å². The highest BCUT2D eigenvalue weighted by atomic mass is 16.1. The van der Waals surface area contributed by atoms with Gasteiger partial charge in [-0.1, -0.05) is 45.0 Å². The topological polar surface area (TPSA) is 66.9 Å². The molecule has 0 atom stereocenters. The second-order valence-corrected chi connectivity index (χ2v) is 7.40. The fourth-order valence-electron chi connectivity index (χ4n) is 2.78. The van der Waals surface area contributed by atoms with E-state index in [0.29, 0.717) is 12.2 Å². The molecule has 27 heavy (non-hydrogen) atoms. The first kappa shape index (κ1) is 18.6. The van der Waals surface area contributed by atoms with Crippen molar-refractivity contribution in [3.63, 3.8) is 0 Å². The predicted octanol–water partition coefficient (Wildman–Crippen LogP) is 4.45. The summed E-state index contributed by atoms with van der Waals surface area (Å²) in [5.74, 6) is -0.208. The number of carbonyl (C=O) groups is 1. The van der Waals surface area contributed by atoms with Gasteiger partial charge in [0.15, 0.2) is 0 Å². The van der Waals surface area contributed by atoms with Crippen LogP contribution in [0.4, 0.5) is 11.4 Å². The van der Waals surface area contributed by atoms with E-state index in [4.69, 9.17) is 0 Å². The molecule has 1 amide bonds. The van der Waals surface area contributed by atoms with E-state index in [1.54, 1.807) is 24.7 Å². The molecule has 138 valence electrons. The van der Waals surface area contributed by atoms with Crippen LogP contribution >= 0.6 is 0 Å². The van der Waals surface area contributed by atoms with Gasteiger partial charge in [0, 0.05) is 24.6 Å². The van der Waals surface area contributed by atoms with Crippen molar-refractivity contribution in [3.8, 4) is 0 Å². The molecule has 0 radical (unpaired) electrons. The number of rotatable bonds is 5. The number of carbonyl (C=O) groups excluding carboxylic acids is 1. The molecule has 5 nitrogen and oxygen atoms in total. The number of pyridine rings is 2. The van der Waals surface area contributed by atoms with Crippen LogP contribution in [-0.2, 0) is 12.0 Å². The lowest BCUT2D eigenvalue weighted by Crippen LogP contribution is -2.23. The summed E-state index contributed by atoms with van der Waals surface area (Å²) in [5.41, 5.74) is 4.47. The monoisotopic (exact) mass is 360 g/mol. The molecule has 0 aliphatic heterocycles. The Kier molecular flexibility index (Phi) is 5.50. The molecule has 5 heteroatoms. The zero-order valence-corrected chi connectivity index (χ0v) is 15.9. The fourth-order valence-corrected chi connectivity index (χ4v) is 2.78. The summed E-state index contributed by atoms with van der Waals surface area (Å²) < 4.78 is 0. The van der Waals surface area contributed by atoms with Gasteiger partial charge in [-0.2, -0.15) is 0 Å². The van der Waals surface area contributed by atoms with E-state index in [-0.39, 0.29) is 11.3 Å². The number of amides is 1. The van der Waals surface area contributed by atoms with E-state index in [1.807, 2.05) is 30.3 Å². The van der Waals surface area contributed by atoms with Gasteiger partial charge in [-0.05, 0) is 40.8 Å². The third kappa shape index (κ3) is 4.91. The van der Waals surface area contributed by atoms with Gasteiger partial charge < -0.3 is 10.6 Å². The standard InChI is InChI=1S/C22H24N4O/c1-22(2,3)18-8-4-5-9-19(18)26-17-10-11-20(24-15-17)21(27)25-14-16-7-6-12-23-13-16/h4-13,15,26H,14H2,1-3H3,(H,25,27). The van der Waals surface area contributed by atoms with E-state index in [9.17, 15) is 4.79 Å². The summed E-state index contributed by atoms with van der Waals surface area (Å²) in [5, 5.41) is 6.25. The third-order valence-corrected chi connectivity index (χ3v) is 4.19. The van der Waals surface area contributed by atoms with Gasteiger partial charge in [0.05, 0.1) is 11.9 Å². The summed E-state index contributed by atoms with van der Waals surface area (Å²) >= 11 is 0. The third-order valence-electron chi connectivity index (χ3n) is 4.19. The summed E-state index contributed by atoms with van der Waals surface area (Å²) in [6, 6.07) is 15.6. The van der Waals surface area contributed by atoms with E-state index < -0.39 is 0 Å². The number of anilines is 2. The molecular formula is C22H24N4O. The van der Waals surface area contributed by atoms with Crippen LogP contribution < -0.4 is 10.6 Å². The molecule has 0 bridgehead atoms. The Morgan fingerprint density at radius 3 is 2.48 bits per heavy atom. The number of benzene rings is 1. The Balaban J connectivity index is 1.66. The van der Waals surface area contributed by atoms with Crippen molar-refractivity contribution < 1.29 is 4.79 Å². The molecule has 2 N–H and O–H groups in total. The largest absolute Gasteiger partial charge is 0.354 e. The van der Waals surface area contributed by atoms with Gasteiger partial charge in [-0.3, -0.25) is 9.78 Å². The van der Waals surface area contributed by atoms with E-state index in [0.717, 1.165) is 16.9 Å². The normalized spacial score (nSPS) is 11.1. The first-order valence-corrected chi connectivity index (χ1v) is 8.93. The number of hydrogen-bond donors (Lipinski definition) is 2. The second kappa shape index (κ2) is 7.99. The van der Waals surface area contributed by atoms with Gasteiger partial charge >= 0.3 is 0 Å². The predicted molar refractivity (Wildman–Crippen MR) is 108 cm³/mol. The lowest BCUT2D eigenvalue weighted by atomic mass is 9.86. The smallest absolute Gasteiger partial charge is 0.270 e. The zero-order valence-electron chi connectivity index (χ0n) is 15.9. The Labute approximate surface area is 159 Å². The van der Waals surface area contributed by atoms with Crippen LogP contribution in [0.1, 0.15) is 42.4 Å². The van der Waals surface area contributed by atoms with Crippen LogP contribution in [0.15, 0.2) is 67.1 Å². The molecule has 0 saturated carbocycles. The minimum Gasteiger partial charge on any atom is -0.354 e. The number of nitrogens with one attached hydrogen (secondary N) is 2. The Morgan fingerprint density at radius 1 is 1.00 bits per heavy atom. The van der Waals surface area contributed by atoms with Crippen LogP contribution in [-0.4, -0.2) is 15.9 Å². The van der Waals surface area contributed by atoms with Gasteiger partial charge in [-0.25, -0.2) is 4.98 Å². The Hall–Kier alpha value is -3.21. The zero-order chi connectivity index (χ0) is 19.3. The van der Waals surface area contributed by atoms with Gasteiger partial charge in [0.25, 0.3) is 5.91 Å². The minimum atomic E-state index is -0.208. The highest BCUT2D eigenvalue weighted by Crippen LogP contribution is 2.31. The molecule has 0 aliphatic rings. The first-order chi connectivity index (χ1) is 12.9. The Bertz CT molecular complexity index is 900. The number of para-hydroxylation sites is 1. The maximum absolute atomic E-state index is 12.3. The Morgan fingerprint density at radius 2 is 1.81 bits per heavy atom. The van der Waals surface area contributed by atoms with Crippen LogP contribution in [0.3, 0.4) is 0 Å². The van der Waals surface area contributed by atoms with Crippen LogP contribution in [0.5, 0.6) is 0 Å². The van der Waals surface area contributed by atoms with E-state index in [2.05, 4.69) is 53.5 Å². The van der Waals surface area contributed by atoms with Crippen LogP contribution in [0.2, 0.25) is 0 Å². The molecule has 1 aromatic carbocycles. The molecule has 3 aromatic rings. The van der Waals surface area contributed by atoms with E-state index >= 15 is 0 Å². The van der Waals surface area contributed by atoms with Crippen molar-refractivity contribution in [2.75, 3.05) is 5.32 Å². The average Bonchev–Trinajstić information content (AvgIpc) is 2.67. The number of hydrogen-bond acceptors (Lipinski definition) is 4. The first-order valence-electron chi connectivity index (χ1n) is 8.93. The fraction of sp³-hybridized carbons (Fsp3) is 0.227. The summed E-state index contributed by atoms with van der Waals surface area (Å²) in [6.07, 6.45) is 5.11. The van der Waals surface area contributed by atoms with Crippen molar-refractivity contribution in [2.24, 2.45) is 0 Å². The average molecular weight is 360 g/mol. The minimum absolute atomic E-state index is 0.0309. The quantitative estimate of drug-likeness (QED) is 0.705. The number of aromatic nitrogens is 2. The highest BCUT2D eigenvalue weighted by molar-refractivity contribution is 5.92. The molecule has 0 spiro atoms. The highest BCUT2D eigenvalue weighted by Gasteiger charge is 2.17. The van der Waals surface area contributed by atoms with Gasteiger partial charge in [-0.15, -0.1) is 0 Å². The second-order valence-electron chi connectivity index (χ2n) is 7.40. The molecule has 2 heterocycles. The molecule has 3 rings (SSSR count). The van der Waals surface area contributed by atoms with Crippen molar-refractivity contribution >= 4 is 17.3 Å². The summed E-state index contributed by atoms with van der Waals surface area (Å²) in [7, 11) is 0. The van der Waals surface area contributed by atoms with Crippen molar-refractivity contribution in [1.82, 2.24) is 15.3 Å². The maximum Gasteiger partial charge on any atom is 0.270 e. The number of nitrogens with zero attached hydrogens (tertiary/aromatic N) is 2. The summed E-state index contributed by atoms with van der Waals surface area (Å²) in [6.45, 7) is 6.97. The SMILES string of the molecule is CC(C)(C)c1ccccc1Nc1ccc(C(=O)NCc2cccnc2)nc1. The van der Waals surface area contributed by atoms with Crippen molar-refractivity contribution in [3.05, 3.63) is 83.9 Å². The van der Waals surface area contributed by atoms with Gasteiger partial charge in [0.1, 0.15) is 5.69 Å².